The number of benzene rings is 2. The Labute approximate surface area is 196 Å². The molecule has 0 saturated carbocycles. The molecule has 5 N–H and O–H groups in total. The molecule has 0 bridgehead atoms. The molecule has 9 heteroatoms. The van der Waals surface area contributed by atoms with Crippen molar-refractivity contribution in [1.29, 1.82) is 0 Å². The lowest BCUT2D eigenvalue weighted by Gasteiger charge is -2.21. The predicted molar refractivity (Wildman–Crippen MR) is 130 cm³/mol. The maximum atomic E-state index is 12.6. The first kappa shape index (κ1) is 21.5. The van der Waals surface area contributed by atoms with Crippen molar-refractivity contribution >= 4 is 34.7 Å². The van der Waals surface area contributed by atoms with Gasteiger partial charge in [0, 0.05) is 24.8 Å². The first-order valence-corrected chi connectivity index (χ1v) is 10.9. The first-order chi connectivity index (χ1) is 16.5. The van der Waals surface area contributed by atoms with E-state index in [-0.39, 0.29) is 11.8 Å². The summed E-state index contributed by atoms with van der Waals surface area (Å²) in [4.78, 5) is 37.5. The monoisotopic (exact) mass is 456 g/mol. The molecular weight excluding hydrogens is 432 g/mol. The Kier molecular flexibility index (Phi) is 5.60. The summed E-state index contributed by atoms with van der Waals surface area (Å²) in [6, 6.07) is 19.9. The first-order valence-electron chi connectivity index (χ1n) is 10.9. The van der Waals surface area contributed by atoms with Gasteiger partial charge in [-0.3, -0.25) is 19.9 Å². The number of pyridine rings is 1. The number of amides is 2. The van der Waals surface area contributed by atoms with Crippen LogP contribution in [0.4, 0.5) is 22.9 Å². The normalized spacial score (nSPS) is 18.9. The van der Waals surface area contributed by atoms with Crippen molar-refractivity contribution in [3.05, 3.63) is 90.3 Å². The number of carbonyl (C=O) groups is 2. The van der Waals surface area contributed by atoms with Gasteiger partial charge >= 0.3 is 0 Å². The van der Waals surface area contributed by atoms with Gasteiger partial charge in [-0.15, -0.1) is 0 Å². The molecule has 9 nitrogen and oxygen atoms in total. The van der Waals surface area contributed by atoms with Crippen LogP contribution in [0, 0.1) is 0 Å². The van der Waals surface area contributed by atoms with Crippen molar-refractivity contribution in [2.75, 3.05) is 34.4 Å². The van der Waals surface area contributed by atoms with Gasteiger partial charge < -0.3 is 21.3 Å². The predicted octanol–water partition coefficient (Wildman–Crippen LogP) is 2.92. The molecule has 0 radical (unpaired) electrons. The zero-order valence-electron chi connectivity index (χ0n) is 18.3. The second kappa shape index (κ2) is 8.87. The van der Waals surface area contributed by atoms with Gasteiger partial charge in [0.05, 0.1) is 23.5 Å². The summed E-state index contributed by atoms with van der Waals surface area (Å²) in [6.45, 7) is 1.23. The van der Waals surface area contributed by atoms with E-state index in [9.17, 15) is 9.59 Å². The summed E-state index contributed by atoms with van der Waals surface area (Å²) in [6.07, 6.45) is 4.06. The number of nitrogens with two attached hydrogens (primary N) is 1. The number of para-hydroxylation sites is 3. The van der Waals surface area contributed by atoms with E-state index >= 15 is 0 Å². The fraction of sp³-hybridized carbons (Fsp3) is 0.160. The number of hydrogen-bond acceptors (Lipinski definition) is 7. The third-order valence-corrected chi connectivity index (χ3v) is 5.85. The quantitative estimate of drug-likeness (QED) is 0.436. The largest absolute Gasteiger partial charge is 0.397 e. The van der Waals surface area contributed by atoms with Gasteiger partial charge in [-0.05, 0) is 42.5 Å². The molecule has 2 aliphatic heterocycles. The lowest BCUT2D eigenvalue weighted by molar-refractivity contribution is -0.114. The Morgan fingerprint density at radius 1 is 1.00 bits per heavy atom. The van der Waals surface area contributed by atoms with E-state index < -0.39 is 5.60 Å². The van der Waals surface area contributed by atoms with Crippen molar-refractivity contribution < 1.29 is 14.4 Å². The second-order valence-corrected chi connectivity index (χ2v) is 8.27. The van der Waals surface area contributed by atoms with Gasteiger partial charge in [0.15, 0.2) is 0 Å². The Morgan fingerprint density at radius 3 is 2.56 bits per heavy atom. The molecular formula is C25H24N6O3. The van der Waals surface area contributed by atoms with Gasteiger partial charge in [-0.1, -0.05) is 30.3 Å². The summed E-state index contributed by atoms with van der Waals surface area (Å²) in [5.41, 5.74) is 10.6. The van der Waals surface area contributed by atoms with Gasteiger partial charge in [-0.25, -0.2) is 4.98 Å². The van der Waals surface area contributed by atoms with E-state index in [1.807, 2.05) is 48.5 Å². The molecule has 1 fully saturated rings. The Bertz CT molecular complexity index is 1250. The highest BCUT2D eigenvalue weighted by Crippen LogP contribution is 2.33. The molecule has 3 heterocycles. The number of nitrogens with one attached hydrogen (secondary N) is 3. The third kappa shape index (κ3) is 4.41. The highest BCUT2D eigenvalue weighted by Gasteiger charge is 2.43. The van der Waals surface area contributed by atoms with Crippen LogP contribution in [0.25, 0.3) is 0 Å². The fourth-order valence-electron chi connectivity index (χ4n) is 4.03. The average molecular weight is 457 g/mol. The summed E-state index contributed by atoms with van der Waals surface area (Å²) in [5, 5.41) is 5.65. The molecule has 3 aromatic rings. The highest BCUT2D eigenvalue weighted by molar-refractivity contribution is 6.05. The Morgan fingerprint density at radius 2 is 1.79 bits per heavy atom. The lowest BCUT2D eigenvalue weighted by atomic mass is 10.0. The topological polar surface area (TPSA) is 122 Å². The molecule has 5 rings (SSSR count). The molecule has 1 unspecified atom stereocenters. The summed E-state index contributed by atoms with van der Waals surface area (Å²) in [5.74, 6) is 0.191. The maximum Gasteiger partial charge on any atom is 0.273 e. The highest BCUT2D eigenvalue weighted by atomic mass is 16.7. The maximum absolute atomic E-state index is 12.6. The minimum absolute atomic E-state index is 0.255. The smallest absolute Gasteiger partial charge is 0.273 e. The number of hydrogen-bond donors (Lipinski definition) is 4. The summed E-state index contributed by atoms with van der Waals surface area (Å²) in [7, 11) is 0. The molecule has 34 heavy (non-hydrogen) atoms. The van der Waals surface area contributed by atoms with Crippen LogP contribution in [-0.2, 0) is 9.63 Å². The van der Waals surface area contributed by atoms with Crippen LogP contribution in [0.15, 0.2) is 84.7 Å². The number of aromatic nitrogens is 1. The van der Waals surface area contributed by atoms with Crippen LogP contribution in [0.5, 0.6) is 0 Å². The van der Waals surface area contributed by atoms with Crippen LogP contribution >= 0.6 is 0 Å². The minimum Gasteiger partial charge on any atom is -0.397 e. The van der Waals surface area contributed by atoms with E-state index in [1.54, 1.807) is 24.3 Å². The number of rotatable bonds is 5. The molecule has 1 aromatic heterocycles. The number of nitrogen functional groups attached to an aromatic ring is 1. The van der Waals surface area contributed by atoms with Crippen molar-refractivity contribution in [2.45, 2.75) is 12.0 Å². The van der Waals surface area contributed by atoms with Crippen LogP contribution in [0.3, 0.4) is 0 Å². The number of nitrogens with zero attached hydrogens (tertiary/aromatic N) is 2. The zero-order valence-corrected chi connectivity index (χ0v) is 18.3. The molecule has 1 spiro atoms. The van der Waals surface area contributed by atoms with Gasteiger partial charge in [0.2, 0.25) is 0 Å². The molecule has 0 aliphatic carbocycles. The van der Waals surface area contributed by atoms with E-state index in [0.29, 0.717) is 47.8 Å². The van der Waals surface area contributed by atoms with Crippen LogP contribution in [-0.4, -0.2) is 35.5 Å². The van der Waals surface area contributed by atoms with Crippen molar-refractivity contribution in [3.63, 3.8) is 0 Å². The molecule has 2 aliphatic rings. The van der Waals surface area contributed by atoms with Crippen LogP contribution in [0.1, 0.15) is 16.8 Å². The zero-order chi connectivity index (χ0) is 23.5. The minimum atomic E-state index is -0.619. The molecule has 2 amide bonds. The molecule has 1 saturated heterocycles. The Hall–Kier alpha value is -4.37. The lowest BCUT2D eigenvalue weighted by Crippen LogP contribution is -2.34. The standard InChI is InChI=1S/C25H24N6O3/c26-19-8-4-5-9-20(19)29-23(32)17-10-11-22(27-15-17)31-13-12-25(16-31)14-21(30-34-25)24(33)28-18-6-2-1-3-7-18/h1-11,14-15,30H,12-13,16,26H2,(H,28,33)(H,29,32). The SMILES string of the molecule is Nc1ccccc1NC(=O)c1ccc(N2CCC3(C=C(C(=O)Nc4ccccc4)NO3)C2)nc1. The van der Waals surface area contributed by atoms with E-state index in [2.05, 4.69) is 26.0 Å². The van der Waals surface area contributed by atoms with Crippen LogP contribution in [0.2, 0.25) is 0 Å². The molecule has 1 atom stereocenters. The van der Waals surface area contributed by atoms with Gasteiger partial charge in [-0.2, -0.15) is 0 Å². The van der Waals surface area contributed by atoms with Crippen molar-refractivity contribution in [1.82, 2.24) is 10.5 Å². The summed E-state index contributed by atoms with van der Waals surface area (Å²) >= 11 is 0. The van der Waals surface area contributed by atoms with E-state index in [4.69, 9.17) is 10.6 Å². The molecule has 2 aromatic carbocycles. The number of hydroxylamine groups is 1. The van der Waals surface area contributed by atoms with Crippen molar-refractivity contribution in [2.24, 2.45) is 0 Å². The van der Waals surface area contributed by atoms with E-state index in [0.717, 1.165) is 5.82 Å². The molecule has 172 valence electrons. The fourth-order valence-corrected chi connectivity index (χ4v) is 4.03. The van der Waals surface area contributed by atoms with Crippen molar-refractivity contribution in [3.8, 4) is 0 Å². The van der Waals surface area contributed by atoms with Gasteiger partial charge in [0.1, 0.15) is 17.1 Å². The van der Waals surface area contributed by atoms with Gasteiger partial charge in [0.25, 0.3) is 11.8 Å². The number of anilines is 4. The third-order valence-electron chi connectivity index (χ3n) is 5.85. The summed E-state index contributed by atoms with van der Waals surface area (Å²) < 4.78 is 0. The Balaban J connectivity index is 1.22. The number of carbonyl (C=O) groups excluding carboxylic acids is 2. The second-order valence-electron chi connectivity index (χ2n) is 8.27. The average Bonchev–Trinajstić information content (AvgIpc) is 3.48. The van der Waals surface area contributed by atoms with Crippen LogP contribution < -0.4 is 26.7 Å². The van der Waals surface area contributed by atoms with E-state index in [1.165, 1.54) is 6.20 Å².